The Labute approximate surface area is 205 Å². The highest BCUT2D eigenvalue weighted by molar-refractivity contribution is 5.91. The molecule has 0 aliphatic heterocycles. The van der Waals surface area contributed by atoms with E-state index in [9.17, 15) is 4.79 Å². The molecule has 0 atom stereocenters. The van der Waals surface area contributed by atoms with Crippen LogP contribution in [0.2, 0.25) is 0 Å². The second kappa shape index (κ2) is 8.53. The molecule has 4 aromatic heterocycles. The summed E-state index contributed by atoms with van der Waals surface area (Å²) in [6, 6.07) is 14.2. The minimum atomic E-state index is -0.407. The first-order chi connectivity index (χ1) is 17.5. The van der Waals surface area contributed by atoms with E-state index in [2.05, 4.69) is 38.9 Å². The van der Waals surface area contributed by atoms with Gasteiger partial charge in [-0.1, -0.05) is 24.3 Å². The van der Waals surface area contributed by atoms with E-state index in [-0.39, 0.29) is 18.1 Å². The molecule has 0 radical (unpaired) electrons. The van der Waals surface area contributed by atoms with Crippen molar-refractivity contribution in [1.29, 1.82) is 0 Å². The molecule has 0 unspecified atom stereocenters. The van der Waals surface area contributed by atoms with E-state index in [0.717, 1.165) is 11.1 Å². The molecule has 8 nitrogen and oxygen atoms in total. The smallest absolute Gasteiger partial charge is 0.261 e. The molecule has 178 valence electrons. The maximum absolute atomic E-state index is 15.2. The van der Waals surface area contributed by atoms with Crippen molar-refractivity contribution in [3.63, 3.8) is 0 Å². The van der Waals surface area contributed by atoms with Gasteiger partial charge in [0.25, 0.3) is 5.56 Å². The fourth-order valence-electron chi connectivity index (χ4n) is 4.28. The number of H-pyrrole nitrogens is 1. The predicted octanol–water partition coefficient (Wildman–Crippen LogP) is 4.97. The Balaban J connectivity index is 1.35. The van der Waals surface area contributed by atoms with Crippen molar-refractivity contribution < 1.29 is 4.39 Å². The van der Waals surface area contributed by atoms with Gasteiger partial charge in [-0.25, -0.2) is 19.3 Å². The number of fused-ring (bicyclic) bond motifs is 2. The van der Waals surface area contributed by atoms with Crippen molar-refractivity contribution >= 4 is 22.1 Å². The minimum absolute atomic E-state index is 0.0859. The summed E-state index contributed by atoms with van der Waals surface area (Å²) in [6.07, 6.45) is 6.81. The first-order valence-electron chi connectivity index (χ1n) is 11.6. The zero-order chi connectivity index (χ0) is 24.8. The van der Waals surface area contributed by atoms with Gasteiger partial charge in [-0.3, -0.25) is 14.0 Å². The summed E-state index contributed by atoms with van der Waals surface area (Å²) in [6.45, 7) is 4.20. The predicted molar refractivity (Wildman–Crippen MR) is 136 cm³/mol. The van der Waals surface area contributed by atoms with Gasteiger partial charge in [0.1, 0.15) is 11.6 Å². The Bertz CT molecular complexity index is 1800. The Morgan fingerprint density at radius 3 is 2.72 bits per heavy atom. The molecule has 4 heterocycles. The maximum atomic E-state index is 15.2. The number of nitrogens with one attached hydrogen (secondary N) is 1. The lowest BCUT2D eigenvalue weighted by Crippen LogP contribution is -2.21. The Morgan fingerprint density at radius 2 is 1.92 bits per heavy atom. The average Bonchev–Trinajstić information content (AvgIpc) is 3.54. The van der Waals surface area contributed by atoms with Gasteiger partial charge in [0.05, 0.1) is 41.1 Å². The maximum Gasteiger partial charge on any atom is 0.261 e. The Kier molecular flexibility index (Phi) is 5.18. The lowest BCUT2D eigenvalue weighted by Gasteiger charge is -2.10. The topological polar surface area (TPSA) is 94.3 Å². The lowest BCUT2D eigenvalue weighted by atomic mass is 10.0. The number of imidazole rings is 1. The molecular formula is C27H22FN7O. The van der Waals surface area contributed by atoms with Crippen molar-refractivity contribution in [3.05, 3.63) is 95.2 Å². The van der Waals surface area contributed by atoms with Crippen LogP contribution in [0.15, 0.2) is 78.2 Å². The number of halogens is 1. The summed E-state index contributed by atoms with van der Waals surface area (Å²) in [5, 5.41) is 4.88. The van der Waals surface area contributed by atoms with Gasteiger partial charge in [-0.15, -0.1) is 0 Å². The van der Waals surface area contributed by atoms with E-state index in [1.807, 2.05) is 29.1 Å². The number of aromatic amines is 1. The second-order valence-electron chi connectivity index (χ2n) is 8.95. The van der Waals surface area contributed by atoms with Gasteiger partial charge in [-0.2, -0.15) is 5.10 Å². The highest BCUT2D eigenvalue weighted by atomic mass is 19.1. The Morgan fingerprint density at radius 1 is 1.06 bits per heavy atom. The second-order valence-corrected chi connectivity index (χ2v) is 8.95. The number of rotatable bonds is 5. The molecule has 0 bridgehead atoms. The van der Waals surface area contributed by atoms with E-state index < -0.39 is 5.82 Å². The summed E-state index contributed by atoms with van der Waals surface area (Å²) in [4.78, 5) is 29.5. The van der Waals surface area contributed by atoms with Crippen molar-refractivity contribution in [3.8, 4) is 22.5 Å². The summed E-state index contributed by atoms with van der Waals surface area (Å²) >= 11 is 0. The number of aromatic nitrogens is 7. The molecule has 0 aliphatic carbocycles. The van der Waals surface area contributed by atoms with Crippen LogP contribution in [0, 0.1) is 5.82 Å². The SMILES string of the molecule is CC(C)n1cc(-c2nc3nccc(-c4ccc(Cn5cnc6ccccc6c5=O)c(F)c4)c3[nH]2)cn1. The highest BCUT2D eigenvalue weighted by Crippen LogP contribution is 2.30. The van der Waals surface area contributed by atoms with Crippen molar-refractivity contribution in [2.45, 2.75) is 26.4 Å². The average molecular weight is 480 g/mol. The van der Waals surface area contributed by atoms with Crippen molar-refractivity contribution in [2.75, 3.05) is 0 Å². The van der Waals surface area contributed by atoms with E-state index in [4.69, 9.17) is 0 Å². The standard InChI is InChI=1S/C27H22FN7O/c1-16(2)35-14-19(12-31-35)25-32-24-20(9-10-29-26(24)33-25)17-7-8-18(22(28)11-17)13-34-15-30-23-6-4-3-5-21(23)27(34)36/h3-12,14-16H,13H2,1-2H3,(H,29,32,33). The molecule has 0 fully saturated rings. The molecule has 9 heteroatoms. The third kappa shape index (κ3) is 3.74. The van der Waals surface area contributed by atoms with Crippen LogP contribution in [0.1, 0.15) is 25.5 Å². The lowest BCUT2D eigenvalue weighted by molar-refractivity contribution is 0.532. The molecule has 6 aromatic rings. The third-order valence-electron chi connectivity index (χ3n) is 6.23. The number of nitrogens with zero attached hydrogens (tertiary/aromatic N) is 6. The van der Waals surface area contributed by atoms with Crippen LogP contribution in [-0.4, -0.2) is 34.3 Å². The molecule has 0 spiro atoms. The van der Waals surface area contributed by atoms with E-state index in [0.29, 0.717) is 39.0 Å². The van der Waals surface area contributed by atoms with E-state index in [1.165, 1.54) is 17.0 Å². The van der Waals surface area contributed by atoms with Crippen LogP contribution < -0.4 is 5.56 Å². The van der Waals surface area contributed by atoms with Gasteiger partial charge in [0.2, 0.25) is 0 Å². The molecule has 6 rings (SSSR count). The van der Waals surface area contributed by atoms with Crippen LogP contribution in [0.25, 0.3) is 44.6 Å². The zero-order valence-electron chi connectivity index (χ0n) is 19.7. The molecule has 36 heavy (non-hydrogen) atoms. The minimum Gasteiger partial charge on any atom is -0.336 e. The largest absolute Gasteiger partial charge is 0.336 e. The number of hydrogen-bond donors (Lipinski definition) is 1. The summed E-state index contributed by atoms with van der Waals surface area (Å²) in [5.41, 5.74) is 4.38. The molecule has 0 saturated heterocycles. The fraction of sp³-hybridized carbons (Fsp3) is 0.148. The molecule has 0 amide bonds. The van der Waals surface area contributed by atoms with Crippen LogP contribution in [0.5, 0.6) is 0 Å². The molecular weight excluding hydrogens is 457 g/mol. The summed E-state index contributed by atoms with van der Waals surface area (Å²) in [7, 11) is 0. The van der Waals surface area contributed by atoms with Gasteiger partial charge in [0.15, 0.2) is 5.65 Å². The van der Waals surface area contributed by atoms with Crippen LogP contribution in [-0.2, 0) is 6.54 Å². The van der Waals surface area contributed by atoms with Gasteiger partial charge >= 0.3 is 0 Å². The van der Waals surface area contributed by atoms with Crippen LogP contribution in [0.4, 0.5) is 4.39 Å². The monoisotopic (exact) mass is 479 g/mol. The first-order valence-corrected chi connectivity index (χ1v) is 11.6. The number of para-hydroxylation sites is 1. The molecule has 2 aromatic carbocycles. The number of hydrogen-bond acceptors (Lipinski definition) is 5. The van der Waals surface area contributed by atoms with Crippen LogP contribution in [0.3, 0.4) is 0 Å². The number of pyridine rings is 1. The fourth-order valence-corrected chi connectivity index (χ4v) is 4.28. The van der Waals surface area contributed by atoms with Crippen LogP contribution >= 0.6 is 0 Å². The van der Waals surface area contributed by atoms with Gasteiger partial charge < -0.3 is 4.98 Å². The third-order valence-corrected chi connectivity index (χ3v) is 6.23. The highest BCUT2D eigenvalue weighted by Gasteiger charge is 2.15. The molecule has 0 aliphatic rings. The van der Waals surface area contributed by atoms with E-state index >= 15 is 4.39 Å². The molecule has 1 N–H and O–H groups in total. The zero-order valence-corrected chi connectivity index (χ0v) is 19.7. The molecule has 0 saturated carbocycles. The van der Waals surface area contributed by atoms with E-state index in [1.54, 1.807) is 36.7 Å². The van der Waals surface area contributed by atoms with Crippen molar-refractivity contribution in [2.24, 2.45) is 0 Å². The first kappa shape index (κ1) is 21.8. The summed E-state index contributed by atoms with van der Waals surface area (Å²) in [5.74, 6) is 0.243. The van der Waals surface area contributed by atoms with Crippen molar-refractivity contribution in [1.82, 2.24) is 34.3 Å². The number of benzene rings is 2. The quantitative estimate of drug-likeness (QED) is 0.377. The van der Waals surface area contributed by atoms with Gasteiger partial charge in [0, 0.05) is 29.6 Å². The normalized spacial score (nSPS) is 11.7. The van der Waals surface area contributed by atoms with Gasteiger partial charge in [-0.05, 0) is 43.7 Å². The summed E-state index contributed by atoms with van der Waals surface area (Å²) < 4.78 is 18.5. The Hall–Kier alpha value is -4.66.